The van der Waals surface area contributed by atoms with Crippen LogP contribution in [0.5, 0.6) is 11.5 Å². The third kappa shape index (κ3) is 6.28. The Labute approximate surface area is 229 Å². The molecule has 2 aliphatic heterocycles. The molecule has 0 amide bonds. The van der Waals surface area contributed by atoms with E-state index >= 15 is 0 Å². The van der Waals surface area contributed by atoms with Crippen molar-refractivity contribution in [2.45, 2.75) is 38.1 Å². The number of Topliss-reactive ketones (excluding diaryl/α,β-unsaturated/α-hetero) is 1. The molecule has 5 N–H and O–H groups in total. The fourth-order valence-electron chi connectivity index (χ4n) is 5.10. The zero-order valence-corrected chi connectivity index (χ0v) is 21.9. The Morgan fingerprint density at radius 2 is 1.98 bits per heavy atom. The lowest BCUT2D eigenvalue weighted by atomic mass is 10.0. The quantitative estimate of drug-likeness (QED) is 0.131. The molecule has 12 heteroatoms. The van der Waals surface area contributed by atoms with E-state index in [1.165, 1.54) is 6.07 Å². The smallest absolute Gasteiger partial charge is 0.350 e. The van der Waals surface area contributed by atoms with Gasteiger partial charge >= 0.3 is 5.69 Å². The van der Waals surface area contributed by atoms with Crippen LogP contribution in [0.2, 0.25) is 0 Å². The number of anilines is 2. The van der Waals surface area contributed by atoms with Crippen LogP contribution >= 0.6 is 0 Å². The molecule has 0 spiro atoms. The minimum atomic E-state index is -0.772. The van der Waals surface area contributed by atoms with Crippen LogP contribution in [0.15, 0.2) is 52.4 Å². The number of likely N-dealkylation sites (tertiary alicyclic amines) is 1. The Morgan fingerprint density at radius 1 is 1.12 bits per heavy atom. The van der Waals surface area contributed by atoms with Gasteiger partial charge in [0.15, 0.2) is 29.1 Å². The number of rotatable bonds is 8. The summed E-state index contributed by atoms with van der Waals surface area (Å²) < 4.78 is 34.9. The molecule has 3 aromatic rings. The molecular weight excluding hydrogens is 520 g/mol. The number of aromatic nitrogens is 2. The maximum atomic E-state index is 14.0. The van der Waals surface area contributed by atoms with Gasteiger partial charge in [0.1, 0.15) is 11.6 Å². The Kier molecular flexibility index (Phi) is 8.06. The molecule has 2 aromatic carbocycles. The second kappa shape index (κ2) is 11.8. The van der Waals surface area contributed by atoms with E-state index in [0.29, 0.717) is 29.3 Å². The molecular formula is C28H31F2N7O3. The van der Waals surface area contributed by atoms with Gasteiger partial charge in [0.05, 0.1) is 11.9 Å². The third-order valence-electron chi connectivity index (χ3n) is 7.17. The van der Waals surface area contributed by atoms with Gasteiger partial charge in [-0.25, -0.2) is 13.6 Å². The fraction of sp³-hybridized carbons (Fsp3) is 0.357. The van der Waals surface area contributed by atoms with Gasteiger partial charge in [-0.15, -0.1) is 0 Å². The number of nitrogens with one attached hydrogen (secondary N) is 1. The highest BCUT2D eigenvalue weighted by atomic mass is 19.1. The number of guanidine groups is 1. The van der Waals surface area contributed by atoms with E-state index in [9.17, 15) is 18.4 Å². The maximum Gasteiger partial charge on any atom is 0.350 e. The molecule has 2 aliphatic rings. The van der Waals surface area contributed by atoms with Gasteiger partial charge in [0.25, 0.3) is 0 Å². The van der Waals surface area contributed by atoms with Crippen molar-refractivity contribution >= 4 is 23.2 Å². The van der Waals surface area contributed by atoms with Crippen molar-refractivity contribution < 1.29 is 18.3 Å². The Hall–Kier alpha value is -4.32. The highest BCUT2D eigenvalue weighted by Crippen LogP contribution is 2.41. The summed E-state index contributed by atoms with van der Waals surface area (Å²) in [6, 6.07) is 7.92. The first-order valence-electron chi connectivity index (χ1n) is 13.2. The van der Waals surface area contributed by atoms with Crippen LogP contribution in [-0.2, 0) is 6.42 Å². The van der Waals surface area contributed by atoms with E-state index in [1.54, 1.807) is 29.0 Å². The lowest BCUT2D eigenvalue weighted by Crippen LogP contribution is -2.30. The van der Waals surface area contributed by atoms with Crippen LogP contribution < -0.4 is 27.2 Å². The van der Waals surface area contributed by atoms with Gasteiger partial charge in [0.2, 0.25) is 0 Å². The number of nitrogens with zero attached hydrogens (tertiary/aromatic N) is 4. The van der Waals surface area contributed by atoms with Gasteiger partial charge in [-0.2, -0.15) is 4.98 Å². The summed E-state index contributed by atoms with van der Waals surface area (Å²) in [5.74, 6) is -0.574. The number of ketones is 1. The van der Waals surface area contributed by atoms with Gasteiger partial charge < -0.3 is 26.4 Å². The molecule has 1 atom stereocenters. The second-order valence-electron chi connectivity index (χ2n) is 10.0. The molecule has 10 nitrogen and oxygen atoms in total. The molecule has 1 unspecified atom stereocenters. The summed E-state index contributed by atoms with van der Waals surface area (Å²) >= 11 is 0. The van der Waals surface area contributed by atoms with E-state index in [1.807, 2.05) is 0 Å². The molecule has 40 heavy (non-hydrogen) atoms. The number of nitrogens with two attached hydrogens (primary N) is 2. The Morgan fingerprint density at radius 3 is 2.77 bits per heavy atom. The van der Waals surface area contributed by atoms with Gasteiger partial charge in [-0.05, 0) is 68.6 Å². The van der Waals surface area contributed by atoms with Crippen molar-refractivity contribution in [3.63, 3.8) is 0 Å². The van der Waals surface area contributed by atoms with E-state index in [4.69, 9.17) is 16.2 Å². The number of carbonyl (C=O) groups is 1. The number of ether oxygens (including phenoxy) is 1. The first kappa shape index (κ1) is 27.3. The summed E-state index contributed by atoms with van der Waals surface area (Å²) in [7, 11) is 0. The van der Waals surface area contributed by atoms with Crippen LogP contribution in [0.4, 0.5) is 20.3 Å². The third-order valence-corrected chi connectivity index (χ3v) is 7.17. The van der Waals surface area contributed by atoms with Crippen LogP contribution in [-0.4, -0.2) is 52.4 Å². The topological polar surface area (TPSA) is 141 Å². The first-order valence-corrected chi connectivity index (χ1v) is 13.2. The number of hydrogen-bond acceptors (Lipinski definition) is 7. The molecule has 1 aromatic heterocycles. The molecule has 0 saturated carbocycles. The van der Waals surface area contributed by atoms with E-state index in [2.05, 4.69) is 20.2 Å². The minimum absolute atomic E-state index is 0.00939. The number of carbonyl (C=O) groups excluding carboxylic acids is 1. The van der Waals surface area contributed by atoms with Crippen molar-refractivity contribution in [2.24, 2.45) is 16.5 Å². The molecule has 0 aliphatic carbocycles. The number of benzene rings is 2. The molecule has 1 saturated heterocycles. The van der Waals surface area contributed by atoms with Crippen molar-refractivity contribution in [3.8, 4) is 11.5 Å². The van der Waals surface area contributed by atoms with Crippen LogP contribution in [0, 0.1) is 11.6 Å². The standard InChI is InChI=1S/C28H31F2N7O3/c29-19-6-4-17(21(30)15-19)14-23(38)18-5-7-24-22(13-18)34-26-25(40-24)16-37(28(39)35-26)20-3-1-10-36(12-8-20)11-2-9-33-27(31)32/h4-7,13,15-16,20H,1-3,8-12,14H2,(H4,31,32,33)(H,34,35,39). The van der Waals surface area contributed by atoms with Crippen molar-refractivity contribution in [2.75, 3.05) is 31.5 Å². The number of hydrogen-bond donors (Lipinski definition) is 3. The van der Waals surface area contributed by atoms with Crippen molar-refractivity contribution in [1.29, 1.82) is 0 Å². The summed E-state index contributed by atoms with van der Waals surface area (Å²) in [4.78, 5) is 36.4. The molecule has 3 heterocycles. The monoisotopic (exact) mass is 551 g/mol. The number of aliphatic imine (C=N–C) groups is 1. The average molecular weight is 552 g/mol. The van der Waals surface area contributed by atoms with E-state index < -0.39 is 11.6 Å². The fourth-order valence-corrected chi connectivity index (χ4v) is 5.10. The zero-order valence-electron chi connectivity index (χ0n) is 21.9. The zero-order chi connectivity index (χ0) is 28.2. The second-order valence-corrected chi connectivity index (χ2v) is 10.0. The Balaban J connectivity index is 1.26. The van der Waals surface area contributed by atoms with Crippen LogP contribution in [0.3, 0.4) is 0 Å². The molecule has 0 radical (unpaired) electrons. The SMILES string of the molecule is NC(N)=NCCCN1CCCC(n2cc3c(nc2=O)Nc2cc(C(=O)Cc4ccc(F)cc4F)ccc2O3)CC1. The number of halogens is 2. The largest absolute Gasteiger partial charge is 0.450 e. The maximum absolute atomic E-state index is 14.0. The lowest BCUT2D eigenvalue weighted by molar-refractivity contribution is 0.0991. The molecule has 5 rings (SSSR count). The summed E-state index contributed by atoms with van der Waals surface area (Å²) in [5, 5.41) is 3.08. The van der Waals surface area contributed by atoms with Crippen LogP contribution in [0.25, 0.3) is 0 Å². The van der Waals surface area contributed by atoms with E-state index in [0.717, 1.165) is 57.5 Å². The summed E-state index contributed by atoms with van der Waals surface area (Å²) in [6.07, 6.45) is 4.91. The summed E-state index contributed by atoms with van der Waals surface area (Å²) in [6.45, 7) is 3.25. The highest BCUT2D eigenvalue weighted by Gasteiger charge is 2.25. The van der Waals surface area contributed by atoms with Gasteiger partial charge in [-0.1, -0.05) is 6.07 Å². The average Bonchev–Trinajstić information content (AvgIpc) is 3.16. The minimum Gasteiger partial charge on any atom is -0.450 e. The Bertz CT molecular complexity index is 1500. The van der Waals surface area contributed by atoms with Crippen molar-refractivity contribution in [3.05, 3.63) is 75.8 Å². The van der Waals surface area contributed by atoms with Gasteiger partial charge in [-0.3, -0.25) is 14.4 Å². The van der Waals surface area contributed by atoms with Gasteiger partial charge in [0, 0.05) is 37.2 Å². The predicted octanol–water partition coefficient (Wildman–Crippen LogP) is 3.49. The van der Waals surface area contributed by atoms with Crippen molar-refractivity contribution in [1.82, 2.24) is 14.5 Å². The summed E-state index contributed by atoms with van der Waals surface area (Å²) in [5.41, 5.74) is 11.3. The lowest BCUT2D eigenvalue weighted by Gasteiger charge is -2.24. The highest BCUT2D eigenvalue weighted by molar-refractivity contribution is 5.99. The molecule has 1 fully saturated rings. The van der Waals surface area contributed by atoms with E-state index in [-0.39, 0.29) is 41.3 Å². The number of fused-ring (bicyclic) bond motifs is 2. The molecule has 0 bridgehead atoms. The normalized spacial score (nSPS) is 16.6. The molecule has 210 valence electrons. The predicted molar refractivity (Wildman–Crippen MR) is 147 cm³/mol. The first-order chi connectivity index (χ1) is 19.3. The van der Waals surface area contributed by atoms with Crippen LogP contribution in [0.1, 0.15) is 47.6 Å².